The van der Waals surface area contributed by atoms with Crippen LogP contribution in [-0.2, 0) is 24.9 Å². The fourth-order valence-electron chi connectivity index (χ4n) is 3.25. The third-order valence-corrected chi connectivity index (χ3v) is 5.99. The predicted octanol–water partition coefficient (Wildman–Crippen LogP) is 3.42. The predicted molar refractivity (Wildman–Crippen MR) is 131 cm³/mol. The van der Waals surface area contributed by atoms with Crippen molar-refractivity contribution in [3.8, 4) is 0 Å². The second-order valence-electron chi connectivity index (χ2n) is 7.84. The van der Waals surface area contributed by atoms with Gasteiger partial charge in [0.05, 0.1) is 11.4 Å². The number of halogens is 1. The van der Waals surface area contributed by atoms with E-state index < -0.39 is 5.95 Å². The molecular weight excluding hydrogens is 457 g/mol. The number of likely N-dealkylation sites (N-methyl/N-ethyl adjacent to an activating group) is 1. The number of nitrogens with zero attached hydrogens (tertiary/aromatic N) is 6. The van der Waals surface area contributed by atoms with E-state index in [-0.39, 0.29) is 19.8 Å². The Kier molecular flexibility index (Phi) is 6.73. The standard InChI is InChI=1S/C23H24FN7O2S.H2/c1-28(2)21(32)14-31-13-18(29(31)3)7-6-17-15-34-23(26-17)27-22(33)19-5-4-10-30(19)12-16-8-9-25-20(24)11-16;/h4-11,13,15H,12,14H2,1-3H3,(H,26,27,33);1H/b7-6+;. The number of rotatable bonds is 8. The summed E-state index contributed by atoms with van der Waals surface area (Å²) in [5.74, 6) is -0.838. The largest absolute Gasteiger partial charge is 0.347 e. The first-order chi connectivity index (χ1) is 16.3. The van der Waals surface area contributed by atoms with Crippen LogP contribution in [0.4, 0.5) is 9.52 Å². The number of carbonyl (C=O) groups is 2. The lowest BCUT2D eigenvalue weighted by atomic mass is 10.2. The number of amides is 2. The summed E-state index contributed by atoms with van der Waals surface area (Å²) >= 11 is 1.32. The van der Waals surface area contributed by atoms with E-state index in [0.29, 0.717) is 28.6 Å². The molecule has 0 unspecified atom stereocenters. The van der Waals surface area contributed by atoms with Crippen molar-refractivity contribution in [2.45, 2.75) is 13.1 Å². The van der Waals surface area contributed by atoms with E-state index in [1.54, 1.807) is 48.0 Å². The molecule has 0 spiro atoms. The second kappa shape index (κ2) is 9.87. The minimum absolute atomic E-state index is 0. The molecule has 34 heavy (non-hydrogen) atoms. The summed E-state index contributed by atoms with van der Waals surface area (Å²) in [6.07, 6.45) is 8.80. The quantitative estimate of drug-likeness (QED) is 0.389. The lowest BCUT2D eigenvalue weighted by Gasteiger charge is -2.22. The Balaban J connectivity index is 0.00000342. The van der Waals surface area contributed by atoms with Gasteiger partial charge in [0.15, 0.2) is 5.13 Å². The van der Waals surface area contributed by atoms with E-state index in [0.717, 1.165) is 5.69 Å². The molecule has 0 aliphatic rings. The molecule has 4 aromatic heterocycles. The van der Waals surface area contributed by atoms with Crippen molar-refractivity contribution >= 4 is 40.4 Å². The first-order valence-electron chi connectivity index (χ1n) is 10.4. The number of nitrogens with one attached hydrogen (secondary N) is 1. The molecule has 0 aliphatic carbocycles. The highest BCUT2D eigenvalue weighted by molar-refractivity contribution is 7.14. The number of thiazole rings is 1. The van der Waals surface area contributed by atoms with Crippen LogP contribution >= 0.6 is 11.3 Å². The van der Waals surface area contributed by atoms with Gasteiger partial charge >= 0.3 is 0 Å². The molecule has 9 nitrogen and oxygen atoms in total. The zero-order valence-electron chi connectivity index (χ0n) is 19.0. The average Bonchev–Trinajstić information content (AvgIpc) is 3.44. The maximum Gasteiger partial charge on any atom is 0.274 e. The smallest absolute Gasteiger partial charge is 0.274 e. The Labute approximate surface area is 201 Å². The first-order valence-corrected chi connectivity index (χ1v) is 11.3. The molecule has 0 fully saturated rings. The maximum absolute atomic E-state index is 13.4. The highest BCUT2D eigenvalue weighted by atomic mass is 32.1. The van der Waals surface area contributed by atoms with Crippen LogP contribution in [0.2, 0.25) is 0 Å². The summed E-state index contributed by atoms with van der Waals surface area (Å²) < 4.78 is 18.8. The lowest BCUT2D eigenvalue weighted by molar-refractivity contribution is -0.129. The van der Waals surface area contributed by atoms with Crippen LogP contribution < -0.4 is 5.32 Å². The minimum Gasteiger partial charge on any atom is -0.347 e. The Hall–Kier alpha value is -3.99. The molecule has 0 aromatic carbocycles. The molecule has 178 valence electrons. The highest BCUT2D eigenvalue weighted by Gasteiger charge is 2.14. The van der Waals surface area contributed by atoms with Crippen molar-refractivity contribution < 1.29 is 15.4 Å². The van der Waals surface area contributed by atoms with Crippen molar-refractivity contribution in [1.29, 1.82) is 0 Å². The molecule has 4 rings (SSSR count). The highest BCUT2D eigenvalue weighted by Crippen LogP contribution is 2.19. The van der Waals surface area contributed by atoms with E-state index in [9.17, 15) is 14.0 Å². The summed E-state index contributed by atoms with van der Waals surface area (Å²) in [4.78, 5) is 34.2. The normalized spacial score (nSPS) is 11.3. The molecule has 11 heteroatoms. The molecule has 0 saturated carbocycles. The van der Waals surface area contributed by atoms with Gasteiger partial charge in [-0.05, 0) is 42.0 Å². The van der Waals surface area contributed by atoms with E-state index in [4.69, 9.17) is 0 Å². The Morgan fingerprint density at radius 3 is 2.85 bits per heavy atom. The lowest BCUT2D eigenvalue weighted by Crippen LogP contribution is -2.32. The fourth-order valence-corrected chi connectivity index (χ4v) is 3.92. The van der Waals surface area contributed by atoms with E-state index in [1.807, 2.05) is 40.1 Å². The molecule has 0 bridgehead atoms. The van der Waals surface area contributed by atoms with Crippen molar-refractivity contribution in [3.63, 3.8) is 0 Å². The van der Waals surface area contributed by atoms with Crippen molar-refractivity contribution in [3.05, 3.63) is 76.8 Å². The van der Waals surface area contributed by atoms with Crippen LogP contribution in [0.25, 0.3) is 12.2 Å². The maximum atomic E-state index is 13.4. The van der Waals surface area contributed by atoms with E-state index >= 15 is 0 Å². The molecule has 0 radical (unpaired) electrons. The number of hydrogen-bond acceptors (Lipinski definition) is 5. The zero-order valence-corrected chi connectivity index (χ0v) is 19.8. The van der Waals surface area contributed by atoms with Gasteiger partial charge in [-0.2, -0.15) is 4.39 Å². The molecule has 0 saturated heterocycles. The Morgan fingerprint density at radius 2 is 2.12 bits per heavy atom. The van der Waals surface area contributed by atoms with Crippen molar-refractivity contribution in [2.75, 3.05) is 19.4 Å². The summed E-state index contributed by atoms with van der Waals surface area (Å²) in [5, 5.41) is 5.14. The number of pyridine rings is 1. The zero-order chi connectivity index (χ0) is 24.2. The Bertz CT molecular complexity index is 1350. The van der Waals surface area contributed by atoms with Gasteiger partial charge < -0.3 is 9.47 Å². The van der Waals surface area contributed by atoms with Crippen LogP contribution in [0.1, 0.15) is 28.9 Å². The molecule has 2 amide bonds. The average molecular weight is 484 g/mol. The first kappa shape index (κ1) is 23.2. The number of aromatic nitrogens is 5. The molecule has 4 aromatic rings. The third-order valence-electron chi connectivity index (χ3n) is 5.21. The molecule has 4 heterocycles. The summed E-state index contributed by atoms with van der Waals surface area (Å²) in [7, 11) is 5.33. The monoisotopic (exact) mass is 483 g/mol. The van der Waals surface area contributed by atoms with Crippen LogP contribution in [0.5, 0.6) is 0 Å². The topological polar surface area (TPSA) is 90.0 Å². The van der Waals surface area contributed by atoms with Crippen LogP contribution in [0.3, 0.4) is 0 Å². The molecule has 1 N–H and O–H groups in total. The third kappa shape index (κ3) is 5.31. The summed E-state index contributed by atoms with van der Waals surface area (Å²) in [6, 6.07) is 6.52. The van der Waals surface area contributed by atoms with Crippen LogP contribution in [-0.4, -0.2) is 54.7 Å². The minimum atomic E-state index is -0.558. The van der Waals surface area contributed by atoms with E-state index in [1.165, 1.54) is 23.6 Å². The van der Waals surface area contributed by atoms with Gasteiger partial charge in [0.2, 0.25) is 11.9 Å². The van der Waals surface area contributed by atoms with Gasteiger partial charge in [0.1, 0.15) is 12.2 Å². The SMILES string of the molecule is CN(C)C(=O)Cn1cc(/C=C/c2csc(NC(=O)c3cccn3Cc3ccnc(F)c3)n2)n1C.[HH]. The summed E-state index contributed by atoms with van der Waals surface area (Å²) in [5.41, 5.74) is 2.80. The van der Waals surface area contributed by atoms with E-state index in [2.05, 4.69) is 15.3 Å². The van der Waals surface area contributed by atoms with Gasteiger partial charge in [-0.15, -0.1) is 11.3 Å². The van der Waals surface area contributed by atoms with Gasteiger partial charge in [-0.3, -0.25) is 24.3 Å². The number of anilines is 1. The molecule has 0 atom stereocenters. The fraction of sp³-hybridized carbons (Fsp3) is 0.217. The molecular formula is C23H26FN7O2S. The van der Waals surface area contributed by atoms with Gasteiger partial charge in [0.25, 0.3) is 5.91 Å². The van der Waals surface area contributed by atoms with Crippen LogP contribution in [0.15, 0.2) is 48.2 Å². The van der Waals surface area contributed by atoms with Crippen molar-refractivity contribution in [2.24, 2.45) is 7.05 Å². The van der Waals surface area contributed by atoms with Gasteiger partial charge in [-0.25, -0.2) is 9.97 Å². The second-order valence-corrected chi connectivity index (χ2v) is 8.69. The van der Waals surface area contributed by atoms with Crippen LogP contribution in [0, 0.1) is 5.95 Å². The summed E-state index contributed by atoms with van der Waals surface area (Å²) in [6.45, 7) is 0.631. The number of carbonyl (C=O) groups excluding carboxylic acids is 2. The van der Waals surface area contributed by atoms with Gasteiger partial charge in [0, 0.05) is 53.1 Å². The molecule has 0 aliphatic heterocycles. The number of hydrogen-bond donors (Lipinski definition) is 1. The van der Waals surface area contributed by atoms with Crippen molar-refractivity contribution in [1.82, 2.24) is 28.8 Å². The Morgan fingerprint density at radius 1 is 1.29 bits per heavy atom. The van der Waals surface area contributed by atoms with Gasteiger partial charge in [-0.1, -0.05) is 0 Å².